The highest BCUT2D eigenvalue weighted by molar-refractivity contribution is 7.96. The lowest BCUT2D eigenvalue weighted by atomic mass is 10.0. The molecule has 1 heterocycles. The highest BCUT2D eigenvalue weighted by Crippen LogP contribution is 2.27. The van der Waals surface area contributed by atoms with Gasteiger partial charge >= 0.3 is 0 Å². The van der Waals surface area contributed by atoms with Crippen molar-refractivity contribution in [2.45, 2.75) is 36.3 Å². The lowest BCUT2D eigenvalue weighted by Crippen LogP contribution is -2.23. The molecule has 3 rings (SSSR count). The molecule has 1 N–H and O–H groups in total. The van der Waals surface area contributed by atoms with Crippen molar-refractivity contribution in [1.82, 2.24) is 0 Å². The Kier molecular flexibility index (Phi) is 5.63. The number of hydrogen-bond acceptors (Lipinski definition) is 5. The number of para-hydroxylation sites is 1. The van der Waals surface area contributed by atoms with Crippen molar-refractivity contribution in [1.29, 1.82) is 0 Å². The molecule has 0 radical (unpaired) electrons. The first kappa shape index (κ1) is 20.5. The highest BCUT2D eigenvalue weighted by atomic mass is 32.2. The minimum Gasteiger partial charge on any atom is -0.322 e. The molecule has 0 bridgehead atoms. The maximum absolute atomic E-state index is 12.6. The van der Waals surface area contributed by atoms with E-state index in [1.807, 2.05) is 38.1 Å². The molecule has 1 amide bonds. The van der Waals surface area contributed by atoms with Crippen molar-refractivity contribution in [3.8, 4) is 0 Å². The summed E-state index contributed by atoms with van der Waals surface area (Å²) in [5.41, 5.74) is 2.06. The number of carbonyl (C=O) groups is 1. The van der Waals surface area contributed by atoms with Crippen LogP contribution in [0.15, 0.2) is 53.4 Å². The lowest BCUT2D eigenvalue weighted by molar-refractivity contribution is 0.102. The number of benzene rings is 2. The van der Waals surface area contributed by atoms with Gasteiger partial charge in [-0.1, -0.05) is 32.0 Å². The summed E-state index contributed by atoms with van der Waals surface area (Å²) in [6.07, 6.45) is 0.110. The minimum atomic E-state index is -3.74. The molecule has 0 unspecified atom stereocenters. The maximum atomic E-state index is 12.6. The van der Waals surface area contributed by atoms with E-state index >= 15 is 0 Å². The third-order valence-corrected chi connectivity index (χ3v) is 9.09. The van der Waals surface area contributed by atoms with Crippen LogP contribution in [0.4, 0.5) is 5.69 Å². The second-order valence-corrected chi connectivity index (χ2v) is 11.7. The van der Waals surface area contributed by atoms with Crippen molar-refractivity contribution >= 4 is 31.3 Å². The van der Waals surface area contributed by atoms with E-state index in [4.69, 9.17) is 0 Å². The molecule has 6 nitrogen and oxygen atoms in total. The number of nitrogens with one attached hydrogen (secondary N) is 1. The van der Waals surface area contributed by atoms with Crippen molar-refractivity contribution in [2.75, 3.05) is 16.8 Å². The number of amides is 1. The van der Waals surface area contributed by atoms with Crippen LogP contribution in [0.5, 0.6) is 0 Å². The van der Waals surface area contributed by atoms with E-state index in [0.29, 0.717) is 5.56 Å². The van der Waals surface area contributed by atoms with E-state index in [2.05, 4.69) is 5.32 Å². The summed E-state index contributed by atoms with van der Waals surface area (Å²) in [5, 5.41) is 1.94. The zero-order valence-corrected chi connectivity index (χ0v) is 17.4. The number of rotatable bonds is 5. The van der Waals surface area contributed by atoms with Gasteiger partial charge in [0.15, 0.2) is 19.7 Å². The number of hydrogen-bond donors (Lipinski definition) is 1. The van der Waals surface area contributed by atoms with Crippen molar-refractivity contribution in [3.63, 3.8) is 0 Å². The van der Waals surface area contributed by atoms with Gasteiger partial charge in [-0.05, 0) is 48.2 Å². The fourth-order valence-electron chi connectivity index (χ4n) is 3.30. The average Bonchev–Trinajstić information content (AvgIpc) is 3.02. The predicted octanol–water partition coefficient (Wildman–Crippen LogP) is 3.02. The first-order valence-corrected chi connectivity index (χ1v) is 12.4. The van der Waals surface area contributed by atoms with Crippen LogP contribution in [0.1, 0.15) is 42.1 Å². The number of anilines is 1. The van der Waals surface area contributed by atoms with E-state index in [1.54, 1.807) is 0 Å². The minimum absolute atomic E-state index is 0.0359. The maximum Gasteiger partial charge on any atom is 0.255 e. The van der Waals surface area contributed by atoms with Crippen LogP contribution in [0.25, 0.3) is 0 Å². The van der Waals surface area contributed by atoms with Gasteiger partial charge in [-0.3, -0.25) is 4.79 Å². The average molecular weight is 422 g/mol. The van der Waals surface area contributed by atoms with Gasteiger partial charge in [0.2, 0.25) is 0 Å². The van der Waals surface area contributed by atoms with Gasteiger partial charge in [0, 0.05) is 11.3 Å². The lowest BCUT2D eigenvalue weighted by Gasteiger charge is -2.14. The van der Waals surface area contributed by atoms with Crippen LogP contribution in [-0.4, -0.2) is 39.5 Å². The van der Waals surface area contributed by atoms with Crippen LogP contribution in [-0.2, 0) is 19.7 Å². The predicted molar refractivity (Wildman–Crippen MR) is 109 cm³/mol. The Morgan fingerprint density at radius 2 is 1.71 bits per heavy atom. The van der Waals surface area contributed by atoms with E-state index in [-0.39, 0.29) is 34.6 Å². The molecule has 1 fully saturated rings. The van der Waals surface area contributed by atoms with Gasteiger partial charge in [-0.15, -0.1) is 0 Å². The molecular weight excluding hydrogens is 398 g/mol. The SMILES string of the molecule is CC(C)c1ccccc1NC(=O)c1ccc(S(=O)(=O)[C@@H]2CCS(=O)(=O)C2)cc1. The Bertz CT molecular complexity index is 1090. The molecule has 8 heteroatoms. The fourth-order valence-corrected chi connectivity index (χ4v) is 7.66. The van der Waals surface area contributed by atoms with Crippen LogP contribution >= 0.6 is 0 Å². The molecule has 2 aromatic carbocycles. The van der Waals surface area contributed by atoms with E-state index in [0.717, 1.165) is 11.3 Å². The van der Waals surface area contributed by atoms with E-state index < -0.39 is 24.9 Å². The molecule has 2 aromatic rings. The van der Waals surface area contributed by atoms with Crippen molar-refractivity contribution in [2.24, 2.45) is 0 Å². The summed E-state index contributed by atoms with van der Waals surface area (Å²) in [6.45, 7) is 4.07. The Morgan fingerprint density at radius 1 is 1.07 bits per heavy atom. The van der Waals surface area contributed by atoms with E-state index in [9.17, 15) is 21.6 Å². The standard InChI is InChI=1S/C20H23NO5S2/c1-14(2)18-5-3-4-6-19(18)21-20(22)15-7-9-16(10-8-15)28(25,26)17-11-12-27(23,24)13-17/h3-10,14,17H,11-13H2,1-2H3,(H,21,22)/t17-/m1/s1. The zero-order valence-electron chi connectivity index (χ0n) is 15.8. The summed E-state index contributed by atoms with van der Waals surface area (Å²) in [4.78, 5) is 12.6. The van der Waals surface area contributed by atoms with Crippen LogP contribution in [0, 0.1) is 0 Å². The van der Waals surface area contributed by atoms with Crippen LogP contribution in [0.2, 0.25) is 0 Å². The molecule has 28 heavy (non-hydrogen) atoms. The summed E-state index contributed by atoms with van der Waals surface area (Å²) >= 11 is 0. The molecule has 0 aliphatic carbocycles. The number of carbonyl (C=O) groups excluding carboxylic acids is 1. The molecule has 1 aliphatic rings. The van der Waals surface area contributed by atoms with Gasteiger partial charge in [-0.2, -0.15) is 0 Å². The summed E-state index contributed by atoms with van der Waals surface area (Å²) in [6, 6.07) is 13.2. The van der Waals surface area contributed by atoms with Gasteiger partial charge in [0.05, 0.1) is 21.7 Å². The Hall–Kier alpha value is -2.19. The van der Waals surface area contributed by atoms with Crippen LogP contribution in [0.3, 0.4) is 0 Å². The normalized spacial score (nSPS) is 18.9. The third kappa shape index (κ3) is 4.28. The molecule has 0 aromatic heterocycles. The summed E-state index contributed by atoms with van der Waals surface area (Å²) < 4.78 is 48.5. The molecule has 0 spiro atoms. The van der Waals surface area contributed by atoms with Crippen molar-refractivity contribution < 1.29 is 21.6 Å². The zero-order chi connectivity index (χ0) is 20.5. The number of sulfone groups is 2. The molecule has 150 valence electrons. The Labute approximate surface area is 165 Å². The van der Waals surface area contributed by atoms with Gasteiger partial charge < -0.3 is 5.32 Å². The Morgan fingerprint density at radius 3 is 2.29 bits per heavy atom. The first-order chi connectivity index (χ1) is 13.1. The summed E-state index contributed by atoms with van der Waals surface area (Å²) in [7, 11) is -7.04. The largest absolute Gasteiger partial charge is 0.322 e. The molecule has 1 saturated heterocycles. The third-order valence-electron chi connectivity index (χ3n) is 4.91. The summed E-state index contributed by atoms with van der Waals surface area (Å²) in [5.74, 6) is -0.539. The quantitative estimate of drug-likeness (QED) is 0.800. The molecule has 0 saturated carbocycles. The molecule has 1 aliphatic heterocycles. The monoisotopic (exact) mass is 421 g/mol. The fraction of sp³-hybridized carbons (Fsp3) is 0.350. The smallest absolute Gasteiger partial charge is 0.255 e. The van der Waals surface area contributed by atoms with E-state index in [1.165, 1.54) is 24.3 Å². The second kappa shape index (κ2) is 7.67. The van der Waals surface area contributed by atoms with Gasteiger partial charge in [-0.25, -0.2) is 16.8 Å². The van der Waals surface area contributed by atoms with Crippen LogP contribution < -0.4 is 5.32 Å². The topological polar surface area (TPSA) is 97.4 Å². The van der Waals surface area contributed by atoms with Gasteiger partial charge in [0.1, 0.15) is 0 Å². The Balaban J connectivity index is 1.79. The molecular formula is C20H23NO5S2. The molecule has 1 atom stereocenters. The second-order valence-electron chi connectivity index (χ2n) is 7.29. The van der Waals surface area contributed by atoms with Crippen molar-refractivity contribution in [3.05, 3.63) is 59.7 Å². The van der Waals surface area contributed by atoms with Gasteiger partial charge in [0.25, 0.3) is 5.91 Å². The highest BCUT2D eigenvalue weighted by Gasteiger charge is 2.38. The first-order valence-electron chi connectivity index (χ1n) is 9.05.